The molecule has 0 saturated heterocycles. The van der Waals surface area contributed by atoms with Crippen LogP contribution < -0.4 is 0 Å². The predicted octanol–water partition coefficient (Wildman–Crippen LogP) is 3.94. The standard InChI is InChI=1S/C15H15BrN2O/c16-8-5-11-12(7-18-15(11)17-6-8)14(19)13-9-3-1-2-4-10(9)13/h5-7,9-10,13H,1-4H2,(H,17,18). The Balaban J connectivity index is 1.71. The Morgan fingerprint density at radius 1 is 1.32 bits per heavy atom. The molecule has 2 aromatic heterocycles. The summed E-state index contributed by atoms with van der Waals surface area (Å²) in [5, 5.41) is 0.947. The summed E-state index contributed by atoms with van der Waals surface area (Å²) in [5.41, 5.74) is 1.62. The van der Waals surface area contributed by atoms with E-state index < -0.39 is 0 Å². The lowest BCUT2D eigenvalue weighted by Gasteiger charge is -2.04. The van der Waals surface area contributed by atoms with Gasteiger partial charge in [0, 0.05) is 33.7 Å². The maximum absolute atomic E-state index is 12.7. The van der Waals surface area contributed by atoms with Crippen molar-refractivity contribution in [2.75, 3.05) is 0 Å². The topological polar surface area (TPSA) is 45.8 Å². The lowest BCUT2D eigenvalue weighted by molar-refractivity contribution is 0.0958. The molecule has 4 heteroatoms. The Bertz CT molecular complexity index is 651. The molecule has 1 N–H and O–H groups in total. The number of hydrogen-bond donors (Lipinski definition) is 1. The Morgan fingerprint density at radius 2 is 2.05 bits per heavy atom. The third-order valence-corrected chi connectivity index (χ3v) is 5.16. The van der Waals surface area contributed by atoms with Crippen LogP contribution in [0.2, 0.25) is 0 Å². The first-order chi connectivity index (χ1) is 9.25. The van der Waals surface area contributed by atoms with E-state index in [1.807, 2.05) is 12.3 Å². The number of fused-ring (bicyclic) bond motifs is 2. The van der Waals surface area contributed by atoms with Crippen molar-refractivity contribution < 1.29 is 4.79 Å². The highest BCUT2D eigenvalue weighted by Crippen LogP contribution is 2.56. The molecule has 0 aromatic carbocycles. The van der Waals surface area contributed by atoms with Gasteiger partial charge in [0.2, 0.25) is 0 Å². The molecule has 4 rings (SSSR count). The van der Waals surface area contributed by atoms with Gasteiger partial charge in [-0.05, 0) is 46.7 Å². The van der Waals surface area contributed by atoms with Gasteiger partial charge in [-0.15, -0.1) is 0 Å². The fourth-order valence-electron chi connectivity index (χ4n) is 3.74. The van der Waals surface area contributed by atoms with Crippen LogP contribution in [0.1, 0.15) is 36.0 Å². The third kappa shape index (κ3) is 1.76. The minimum absolute atomic E-state index is 0.278. The predicted molar refractivity (Wildman–Crippen MR) is 77.1 cm³/mol. The Kier molecular flexibility index (Phi) is 2.56. The van der Waals surface area contributed by atoms with Crippen LogP contribution >= 0.6 is 15.9 Å². The van der Waals surface area contributed by atoms with Crippen molar-refractivity contribution in [1.82, 2.24) is 9.97 Å². The van der Waals surface area contributed by atoms with Crippen LogP contribution in [-0.4, -0.2) is 15.8 Å². The highest BCUT2D eigenvalue weighted by atomic mass is 79.9. The van der Waals surface area contributed by atoms with E-state index in [4.69, 9.17) is 0 Å². The molecule has 2 heterocycles. The van der Waals surface area contributed by atoms with Crippen LogP contribution in [0.25, 0.3) is 11.0 Å². The van der Waals surface area contributed by atoms with E-state index in [-0.39, 0.29) is 5.92 Å². The van der Waals surface area contributed by atoms with Crippen molar-refractivity contribution in [3.8, 4) is 0 Å². The molecule has 0 amide bonds. The average Bonchev–Trinajstić information content (AvgIpc) is 3.01. The molecule has 2 atom stereocenters. The molecule has 19 heavy (non-hydrogen) atoms. The molecule has 2 aromatic rings. The number of carbonyl (C=O) groups excluding carboxylic acids is 1. The minimum atomic E-state index is 0.278. The number of H-pyrrole nitrogens is 1. The van der Waals surface area contributed by atoms with Gasteiger partial charge < -0.3 is 4.98 Å². The number of hydrogen-bond acceptors (Lipinski definition) is 2. The molecule has 0 spiro atoms. The van der Waals surface area contributed by atoms with Gasteiger partial charge in [-0.25, -0.2) is 4.98 Å². The molecular formula is C15H15BrN2O. The molecule has 2 aliphatic carbocycles. The monoisotopic (exact) mass is 318 g/mol. The number of ketones is 1. The van der Waals surface area contributed by atoms with E-state index in [1.54, 1.807) is 6.20 Å². The molecule has 2 aliphatic rings. The summed E-state index contributed by atoms with van der Waals surface area (Å²) in [5.74, 6) is 1.92. The van der Waals surface area contributed by atoms with Crippen LogP contribution in [0, 0.1) is 17.8 Å². The lowest BCUT2D eigenvalue weighted by Crippen LogP contribution is -2.03. The van der Waals surface area contributed by atoms with Gasteiger partial charge in [0.05, 0.1) is 0 Å². The lowest BCUT2D eigenvalue weighted by atomic mass is 10.0. The number of pyridine rings is 1. The summed E-state index contributed by atoms with van der Waals surface area (Å²) < 4.78 is 0.918. The Morgan fingerprint density at radius 3 is 2.79 bits per heavy atom. The number of carbonyl (C=O) groups is 1. The van der Waals surface area contributed by atoms with E-state index in [0.717, 1.165) is 21.1 Å². The quantitative estimate of drug-likeness (QED) is 0.852. The van der Waals surface area contributed by atoms with Gasteiger partial charge >= 0.3 is 0 Å². The average molecular weight is 319 g/mol. The minimum Gasteiger partial charge on any atom is -0.345 e. The van der Waals surface area contributed by atoms with Gasteiger partial charge in [0.25, 0.3) is 0 Å². The second-order valence-corrected chi connectivity index (χ2v) is 6.67. The van der Waals surface area contributed by atoms with Crippen molar-refractivity contribution >= 4 is 32.7 Å². The fraction of sp³-hybridized carbons (Fsp3) is 0.467. The maximum atomic E-state index is 12.7. The molecule has 0 aliphatic heterocycles. The maximum Gasteiger partial charge on any atom is 0.168 e. The van der Waals surface area contributed by atoms with Crippen molar-refractivity contribution in [2.45, 2.75) is 25.7 Å². The van der Waals surface area contributed by atoms with E-state index in [0.29, 0.717) is 17.6 Å². The number of nitrogens with zero attached hydrogens (tertiary/aromatic N) is 1. The molecule has 2 fully saturated rings. The van der Waals surface area contributed by atoms with E-state index in [2.05, 4.69) is 25.9 Å². The number of aromatic nitrogens is 2. The van der Waals surface area contributed by atoms with Gasteiger partial charge in [-0.1, -0.05) is 12.8 Å². The number of Topliss-reactive ketones (excluding diaryl/α,β-unsaturated/α-hetero) is 1. The van der Waals surface area contributed by atoms with Crippen LogP contribution in [0.5, 0.6) is 0 Å². The molecule has 2 unspecified atom stereocenters. The molecule has 0 bridgehead atoms. The highest BCUT2D eigenvalue weighted by molar-refractivity contribution is 9.10. The third-order valence-electron chi connectivity index (χ3n) is 4.72. The van der Waals surface area contributed by atoms with Crippen LogP contribution in [0.3, 0.4) is 0 Å². The zero-order valence-corrected chi connectivity index (χ0v) is 12.1. The molecule has 2 saturated carbocycles. The van der Waals surface area contributed by atoms with Crippen molar-refractivity contribution in [3.63, 3.8) is 0 Å². The van der Waals surface area contributed by atoms with Crippen molar-refractivity contribution in [1.29, 1.82) is 0 Å². The first-order valence-corrected chi connectivity index (χ1v) is 7.72. The Hall–Kier alpha value is -1.16. The van der Waals surface area contributed by atoms with E-state index in [9.17, 15) is 4.79 Å². The Labute approximate surface area is 119 Å². The number of halogens is 1. The largest absolute Gasteiger partial charge is 0.345 e. The first kappa shape index (κ1) is 11.6. The van der Waals surface area contributed by atoms with Crippen molar-refractivity contribution in [2.24, 2.45) is 17.8 Å². The summed E-state index contributed by atoms with van der Waals surface area (Å²) in [6.07, 6.45) is 8.66. The number of aromatic amines is 1. The summed E-state index contributed by atoms with van der Waals surface area (Å²) >= 11 is 3.43. The first-order valence-electron chi connectivity index (χ1n) is 6.92. The van der Waals surface area contributed by atoms with Crippen LogP contribution in [0.15, 0.2) is 22.9 Å². The zero-order valence-electron chi connectivity index (χ0n) is 10.5. The van der Waals surface area contributed by atoms with Gasteiger partial charge in [0.15, 0.2) is 5.78 Å². The van der Waals surface area contributed by atoms with Gasteiger partial charge in [-0.3, -0.25) is 4.79 Å². The van der Waals surface area contributed by atoms with E-state index >= 15 is 0 Å². The molecule has 0 radical (unpaired) electrons. The molecular weight excluding hydrogens is 304 g/mol. The zero-order chi connectivity index (χ0) is 13.0. The summed E-state index contributed by atoms with van der Waals surface area (Å²) in [6.45, 7) is 0. The van der Waals surface area contributed by atoms with Crippen LogP contribution in [0.4, 0.5) is 0 Å². The highest BCUT2D eigenvalue weighted by Gasteiger charge is 2.54. The smallest absolute Gasteiger partial charge is 0.168 e. The molecule has 98 valence electrons. The molecule has 3 nitrogen and oxygen atoms in total. The number of nitrogens with one attached hydrogen (secondary N) is 1. The van der Waals surface area contributed by atoms with E-state index in [1.165, 1.54) is 25.7 Å². The second kappa shape index (κ2) is 4.17. The number of rotatable bonds is 2. The van der Waals surface area contributed by atoms with Gasteiger partial charge in [0.1, 0.15) is 5.65 Å². The van der Waals surface area contributed by atoms with Gasteiger partial charge in [-0.2, -0.15) is 0 Å². The van der Waals surface area contributed by atoms with Crippen molar-refractivity contribution in [3.05, 3.63) is 28.5 Å². The van der Waals surface area contributed by atoms with Crippen LogP contribution in [-0.2, 0) is 0 Å². The summed E-state index contributed by atoms with van der Waals surface area (Å²) in [4.78, 5) is 20.1. The summed E-state index contributed by atoms with van der Waals surface area (Å²) in [7, 11) is 0. The summed E-state index contributed by atoms with van der Waals surface area (Å²) in [6, 6.07) is 1.98. The fourth-order valence-corrected chi connectivity index (χ4v) is 4.07. The normalized spacial score (nSPS) is 29.2. The SMILES string of the molecule is O=C(c1c[nH]c2ncc(Br)cc12)C1C2CCCCC21. The second-order valence-electron chi connectivity index (χ2n) is 5.75.